The van der Waals surface area contributed by atoms with Gasteiger partial charge in [0.15, 0.2) is 0 Å². The highest BCUT2D eigenvalue weighted by atomic mass is 14.2. The van der Waals surface area contributed by atoms with E-state index >= 15 is 0 Å². The summed E-state index contributed by atoms with van der Waals surface area (Å²) in [7, 11) is 0. The van der Waals surface area contributed by atoms with E-state index in [1.54, 1.807) is 0 Å². The Kier molecular flexibility index (Phi) is 4.05. The van der Waals surface area contributed by atoms with Crippen LogP contribution in [0.2, 0.25) is 0 Å². The van der Waals surface area contributed by atoms with Crippen molar-refractivity contribution in [3.8, 4) is 44.5 Å². The molecule has 0 bridgehead atoms. The third kappa shape index (κ3) is 4.00. The molecular weight excluding hydrogens is 504 g/mol. The maximum Gasteiger partial charge on any atom is 0.0629 e. The van der Waals surface area contributed by atoms with Crippen LogP contribution in [-0.4, -0.2) is 0 Å². The zero-order chi connectivity index (χ0) is 35.7. The maximum atomic E-state index is 9.31. The van der Waals surface area contributed by atoms with Gasteiger partial charge >= 0.3 is 0 Å². The van der Waals surface area contributed by atoms with Crippen molar-refractivity contribution >= 4 is 32.3 Å². The minimum atomic E-state index is -0.584. The summed E-state index contributed by atoms with van der Waals surface area (Å²) >= 11 is 0. The summed E-state index contributed by atoms with van der Waals surface area (Å²) in [5, 5.41) is 5.16. The Morgan fingerprint density at radius 1 is 0.333 bits per heavy atom. The lowest BCUT2D eigenvalue weighted by Gasteiger charge is -2.21. The quantitative estimate of drug-likeness (QED) is 0.194. The molecule has 8 aromatic carbocycles. The number of fused-ring (bicyclic) bond motifs is 3. The zero-order valence-corrected chi connectivity index (χ0v) is 22.5. The van der Waals surface area contributed by atoms with Crippen molar-refractivity contribution in [1.82, 2.24) is 0 Å². The maximum absolute atomic E-state index is 9.31. The summed E-state index contributed by atoms with van der Waals surface area (Å²) in [5.41, 5.74) is 4.19. The van der Waals surface area contributed by atoms with E-state index in [0.29, 0.717) is 16.3 Å². The van der Waals surface area contributed by atoms with E-state index in [0.717, 1.165) is 43.8 Å². The molecule has 0 saturated carbocycles. The average molecular weight is 542 g/mol. The van der Waals surface area contributed by atoms with Crippen LogP contribution in [0.3, 0.4) is 0 Å². The molecule has 0 aromatic heterocycles. The predicted octanol–water partition coefficient (Wildman–Crippen LogP) is 11.8. The van der Waals surface area contributed by atoms with Crippen LogP contribution in [-0.2, 0) is 0 Å². The molecule has 0 aliphatic rings. The Morgan fingerprint density at radius 2 is 0.833 bits per heavy atom. The van der Waals surface area contributed by atoms with Crippen LogP contribution in [0.5, 0.6) is 0 Å². The van der Waals surface area contributed by atoms with Crippen molar-refractivity contribution in [2.24, 2.45) is 0 Å². The lowest BCUT2D eigenvalue weighted by molar-refractivity contribution is 1.60. The van der Waals surface area contributed by atoms with Gasteiger partial charge in [-0.15, -0.1) is 0 Å². The van der Waals surface area contributed by atoms with Gasteiger partial charge in [0, 0.05) is 0 Å². The molecule has 0 nitrogen and oxygen atoms in total. The van der Waals surface area contributed by atoms with Gasteiger partial charge in [-0.1, -0.05) is 158 Å². The molecule has 8 rings (SSSR count). The largest absolute Gasteiger partial charge is 0.0629 e. The monoisotopic (exact) mass is 541 g/mol. The molecule has 0 radical (unpaired) electrons. The molecule has 0 amide bonds. The average Bonchev–Trinajstić information content (AvgIpc) is 3.17. The number of hydrogen-bond acceptors (Lipinski definition) is 0. The van der Waals surface area contributed by atoms with Crippen LogP contribution in [0, 0.1) is 0 Å². The first kappa shape index (κ1) is 16.7. The molecule has 0 N–H and O–H groups in total. The highest BCUT2D eigenvalue weighted by Gasteiger charge is 2.20. The third-order valence-corrected chi connectivity index (χ3v) is 7.86. The molecular formula is C42H28. The first-order valence-electron chi connectivity index (χ1n) is 18.3. The molecule has 8 aromatic rings. The highest BCUT2D eigenvalue weighted by molar-refractivity contribution is 6.24. The normalized spacial score (nSPS) is 14.3. The van der Waals surface area contributed by atoms with Gasteiger partial charge in [-0.25, -0.2) is 0 Å². The second kappa shape index (κ2) is 10.2. The molecule has 0 saturated heterocycles. The summed E-state index contributed by atoms with van der Waals surface area (Å²) in [6, 6.07) is 33.5. The summed E-state index contributed by atoms with van der Waals surface area (Å²) in [4.78, 5) is 0. The van der Waals surface area contributed by atoms with Crippen molar-refractivity contribution in [2.75, 3.05) is 0 Å². The lowest BCUT2D eigenvalue weighted by atomic mass is 9.82. The van der Waals surface area contributed by atoms with Gasteiger partial charge in [0.25, 0.3) is 0 Å². The van der Waals surface area contributed by atoms with Crippen LogP contribution in [0.1, 0.15) is 12.3 Å². The summed E-state index contributed by atoms with van der Waals surface area (Å²) in [6.07, 6.45) is 0. The molecule has 0 aliphatic heterocycles. The Morgan fingerprint density at radius 3 is 1.48 bits per heavy atom. The lowest BCUT2D eigenvalue weighted by Crippen LogP contribution is -1.93. The van der Waals surface area contributed by atoms with Gasteiger partial charge in [-0.3, -0.25) is 0 Å². The molecule has 0 heterocycles. The van der Waals surface area contributed by atoms with Crippen molar-refractivity contribution in [1.29, 1.82) is 0 Å². The van der Waals surface area contributed by atoms with Crippen LogP contribution in [0.15, 0.2) is 170 Å². The molecule has 0 unspecified atom stereocenters. The van der Waals surface area contributed by atoms with E-state index < -0.39 is 48.3 Å². The molecule has 0 atom stereocenters. The van der Waals surface area contributed by atoms with Gasteiger partial charge in [-0.2, -0.15) is 0 Å². The standard InChI is InChI=1S/C42H28/c1-3-15-29(16-4-1)32-27-31-19-7-8-21-34(31)40(28-32)42-38-25-13-11-23-36(38)41(37-24-12-14-26-39(37)42)35-22-10-9-20-33(35)30-17-5-2-6-18-30/h1-28H/i2D,5D,6D,9D,10D,17D,18D,20D,22D. The first-order chi connectivity index (χ1) is 24.6. The number of hydrogen-bond donors (Lipinski definition) is 0. The SMILES string of the molecule is [2H]c1c([2H])c([2H])c(-c2c([2H])c([2H])c([2H])c([2H])c2-c2c3ccccc3c(-c3cc(-c4ccccc4)cc4ccccc34)c3ccccc23)c([2H])c1[2H]. The zero-order valence-electron chi connectivity index (χ0n) is 31.5. The van der Waals surface area contributed by atoms with Crippen LogP contribution in [0.4, 0.5) is 0 Å². The molecule has 0 aliphatic carbocycles. The van der Waals surface area contributed by atoms with Gasteiger partial charge in [0.05, 0.1) is 12.3 Å². The predicted molar refractivity (Wildman–Crippen MR) is 181 cm³/mol. The van der Waals surface area contributed by atoms with Gasteiger partial charge in [-0.05, 0) is 89.0 Å². The van der Waals surface area contributed by atoms with Gasteiger partial charge in [0.1, 0.15) is 0 Å². The second-order valence-corrected chi connectivity index (χ2v) is 10.2. The van der Waals surface area contributed by atoms with Gasteiger partial charge < -0.3 is 0 Å². The van der Waals surface area contributed by atoms with Crippen LogP contribution >= 0.6 is 0 Å². The topological polar surface area (TPSA) is 0 Å². The smallest absolute Gasteiger partial charge is 0.0622 e. The van der Waals surface area contributed by atoms with Crippen molar-refractivity contribution in [2.45, 2.75) is 0 Å². The van der Waals surface area contributed by atoms with E-state index in [9.17, 15) is 1.37 Å². The molecule has 0 heteroatoms. The fraction of sp³-hybridized carbons (Fsp3) is 0. The van der Waals surface area contributed by atoms with Crippen molar-refractivity contribution in [3.63, 3.8) is 0 Å². The summed E-state index contributed by atoms with van der Waals surface area (Å²) < 4.78 is 78.5. The van der Waals surface area contributed by atoms with Crippen molar-refractivity contribution in [3.05, 3.63) is 170 Å². The second-order valence-electron chi connectivity index (χ2n) is 10.2. The number of benzene rings is 8. The van der Waals surface area contributed by atoms with Crippen molar-refractivity contribution < 1.29 is 12.3 Å². The third-order valence-electron chi connectivity index (χ3n) is 7.86. The summed E-state index contributed by atoms with van der Waals surface area (Å²) in [6.45, 7) is 0. The number of rotatable bonds is 4. The van der Waals surface area contributed by atoms with Crippen LogP contribution < -0.4 is 0 Å². The van der Waals surface area contributed by atoms with E-state index in [-0.39, 0.29) is 22.7 Å². The highest BCUT2D eigenvalue weighted by Crippen LogP contribution is 2.47. The minimum absolute atomic E-state index is 0.0707. The Balaban J connectivity index is 1.58. The van der Waals surface area contributed by atoms with Crippen LogP contribution in [0.25, 0.3) is 76.8 Å². The minimum Gasteiger partial charge on any atom is -0.0622 e. The molecule has 42 heavy (non-hydrogen) atoms. The fourth-order valence-corrected chi connectivity index (χ4v) is 6.07. The fourth-order valence-electron chi connectivity index (χ4n) is 6.07. The molecule has 0 fully saturated rings. The van der Waals surface area contributed by atoms with E-state index in [4.69, 9.17) is 11.0 Å². The summed E-state index contributed by atoms with van der Waals surface area (Å²) in [5.74, 6) is 0. The van der Waals surface area contributed by atoms with Gasteiger partial charge in [0.2, 0.25) is 0 Å². The Hall–Kier alpha value is -5.46. The van der Waals surface area contributed by atoms with E-state index in [1.165, 1.54) is 0 Å². The molecule has 196 valence electrons. The molecule has 0 spiro atoms. The Labute approximate surface area is 258 Å². The first-order valence-corrected chi connectivity index (χ1v) is 13.8. The van der Waals surface area contributed by atoms with E-state index in [1.807, 2.05) is 78.9 Å². The Bertz CT molecular complexity index is 2650. The van der Waals surface area contributed by atoms with E-state index in [2.05, 4.69) is 36.4 Å².